The molecule has 0 aromatic carbocycles. The van der Waals surface area contributed by atoms with Gasteiger partial charge in [-0.1, -0.05) is 6.92 Å². The Balaban J connectivity index is 2.45. The molecule has 0 spiro atoms. The number of carbonyl (C=O) groups excluding carboxylic acids is 1. The number of amides is 1. The molecule has 1 atom stereocenters. The number of nitrogens with one attached hydrogen (secondary N) is 2. The molecule has 130 valence electrons. The second-order valence-electron chi connectivity index (χ2n) is 5.42. The maximum absolute atomic E-state index is 12.0. The molecular weight excluding hydrogens is 308 g/mol. The lowest BCUT2D eigenvalue weighted by atomic mass is 10.1. The van der Waals surface area contributed by atoms with Crippen molar-refractivity contribution in [1.82, 2.24) is 15.5 Å². The van der Waals surface area contributed by atoms with E-state index in [2.05, 4.69) is 39.4 Å². The van der Waals surface area contributed by atoms with Gasteiger partial charge in [0.05, 0.1) is 0 Å². The van der Waals surface area contributed by atoms with E-state index in [1.165, 1.54) is 5.56 Å². The van der Waals surface area contributed by atoms with Gasteiger partial charge in [0.25, 0.3) is 0 Å². The highest BCUT2D eigenvalue weighted by Gasteiger charge is 2.10. The molecule has 0 saturated heterocycles. The van der Waals surface area contributed by atoms with Crippen molar-refractivity contribution < 1.29 is 4.79 Å². The molecule has 1 amide bonds. The number of hydrogen-bond donors (Lipinski definition) is 2. The van der Waals surface area contributed by atoms with Gasteiger partial charge in [-0.3, -0.25) is 9.79 Å². The van der Waals surface area contributed by atoms with E-state index < -0.39 is 0 Å². The van der Waals surface area contributed by atoms with Crippen molar-refractivity contribution in [3.63, 3.8) is 0 Å². The smallest absolute Gasteiger partial charge is 0.224 e. The van der Waals surface area contributed by atoms with Gasteiger partial charge >= 0.3 is 0 Å². The quantitative estimate of drug-likeness (QED) is 0.538. The largest absolute Gasteiger partial charge is 0.357 e. The molecule has 6 heteroatoms. The number of thiophene rings is 1. The fourth-order valence-electron chi connectivity index (χ4n) is 2.25. The van der Waals surface area contributed by atoms with Gasteiger partial charge in [0.1, 0.15) is 0 Å². The van der Waals surface area contributed by atoms with Gasteiger partial charge in [-0.15, -0.1) is 0 Å². The Morgan fingerprint density at radius 2 is 2.04 bits per heavy atom. The molecule has 0 fully saturated rings. The summed E-state index contributed by atoms with van der Waals surface area (Å²) in [6.07, 6.45) is 0.492. The Morgan fingerprint density at radius 3 is 2.61 bits per heavy atom. The fraction of sp³-hybridized carbons (Fsp3) is 0.647. The van der Waals surface area contributed by atoms with Crippen LogP contribution < -0.4 is 10.6 Å². The number of aliphatic imine (C=N–C) groups is 1. The summed E-state index contributed by atoms with van der Waals surface area (Å²) in [6, 6.07) is 2.15. The lowest BCUT2D eigenvalue weighted by molar-refractivity contribution is -0.130. The highest BCUT2D eigenvalue weighted by molar-refractivity contribution is 7.07. The molecule has 0 aliphatic carbocycles. The van der Waals surface area contributed by atoms with E-state index in [4.69, 9.17) is 0 Å². The van der Waals surface area contributed by atoms with Crippen LogP contribution in [0.5, 0.6) is 0 Å². The first kappa shape index (κ1) is 19.5. The van der Waals surface area contributed by atoms with E-state index in [0.717, 1.165) is 32.1 Å². The van der Waals surface area contributed by atoms with Crippen molar-refractivity contribution in [3.8, 4) is 0 Å². The summed E-state index contributed by atoms with van der Waals surface area (Å²) in [5.74, 6) is 1.36. The molecule has 23 heavy (non-hydrogen) atoms. The lowest BCUT2D eigenvalue weighted by Gasteiger charge is -2.19. The highest BCUT2D eigenvalue weighted by Crippen LogP contribution is 2.18. The number of carbonyl (C=O) groups is 1. The van der Waals surface area contributed by atoms with Gasteiger partial charge in [-0.05, 0) is 43.2 Å². The van der Waals surface area contributed by atoms with Crippen LogP contribution in [0.4, 0.5) is 0 Å². The number of guanidine groups is 1. The second-order valence-corrected chi connectivity index (χ2v) is 6.20. The monoisotopic (exact) mass is 338 g/mol. The van der Waals surface area contributed by atoms with Crippen LogP contribution in [-0.4, -0.2) is 49.5 Å². The maximum atomic E-state index is 12.0. The van der Waals surface area contributed by atoms with Crippen molar-refractivity contribution in [3.05, 3.63) is 22.4 Å². The summed E-state index contributed by atoms with van der Waals surface area (Å²) in [5, 5.41) is 10.7. The zero-order chi connectivity index (χ0) is 17.1. The average molecular weight is 339 g/mol. The predicted octanol–water partition coefficient (Wildman–Crippen LogP) is 2.67. The summed E-state index contributed by atoms with van der Waals surface area (Å²) in [4.78, 5) is 18.5. The zero-order valence-electron chi connectivity index (χ0n) is 14.8. The van der Waals surface area contributed by atoms with Gasteiger partial charge in [0.2, 0.25) is 5.91 Å². The summed E-state index contributed by atoms with van der Waals surface area (Å²) < 4.78 is 0. The van der Waals surface area contributed by atoms with Crippen molar-refractivity contribution >= 4 is 23.2 Å². The number of nitrogens with zero attached hydrogens (tertiary/aromatic N) is 2. The molecule has 0 saturated carbocycles. The Morgan fingerprint density at radius 1 is 1.30 bits per heavy atom. The van der Waals surface area contributed by atoms with Crippen molar-refractivity contribution in [2.45, 2.75) is 40.0 Å². The molecule has 1 aromatic rings. The Labute approximate surface area is 144 Å². The van der Waals surface area contributed by atoms with Crippen LogP contribution in [0.15, 0.2) is 21.8 Å². The SMILES string of the molecule is CCNC(=NCC(C)c1ccsc1)NCCC(=O)N(CC)CC. The van der Waals surface area contributed by atoms with Crippen LogP contribution in [0.1, 0.15) is 45.6 Å². The van der Waals surface area contributed by atoms with Crippen LogP contribution in [0.25, 0.3) is 0 Å². The molecule has 0 bridgehead atoms. The third-order valence-corrected chi connectivity index (χ3v) is 4.43. The van der Waals surface area contributed by atoms with E-state index in [1.807, 2.05) is 25.7 Å². The van der Waals surface area contributed by atoms with E-state index >= 15 is 0 Å². The fourth-order valence-corrected chi connectivity index (χ4v) is 3.04. The molecule has 1 heterocycles. The normalized spacial score (nSPS) is 12.8. The zero-order valence-corrected chi connectivity index (χ0v) is 15.6. The maximum Gasteiger partial charge on any atom is 0.224 e. The van der Waals surface area contributed by atoms with E-state index in [1.54, 1.807) is 11.3 Å². The first-order chi connectivity index (χ1) is 11.1. The second kappa shape index (κ2) is 11.0. The Hall–Kier alpha value is -1.56. The van der Waals surface area contributed by atoms with Crippen molar-refractivity contribution in [2.75, 3.05) is 32.7 Å². The molecule has 1 aromatic heterocycles. The van der Waals surface area contributed by atoms with Crippen LogP contribution in [0.2, 0.25) is 0 Å². The third-order valence-electron chi connectivity index (χ3n) is 3.73. The minimum Gasteiger partial charge on any atom is -0.357 e. The Bertz CT molecular complexity index is 469. The standard InChI is InChI=1S/C17H30N4OS/c1-5-18-17(19-10-8-16(22)21(6-2)7-3)20-12-14(4)15-9-11-23-13-15/h9,11,13-14H,5-8,10,12H2,1-4H3,(H2,18,19,20). The van der Waals surface area contributed by atoms with Gasteiger partial charge in [0, 0.05) is 45.1 Å². The summed E-state index contributed by atoms with van der Waals surface area (Å²) in [6.45, 7) is 11.9. The molecule has 5 nitrogen and oxygen atoms in total. The molecule has 1 unspecified atom stereocenters. The molecular formula is C17H30N4OS. The van der Waals surface area contributed by atoms with Crippen molar-refractivity contribution in [2.24, 2.45) is 4.99 Å². The summed E-state index contributed by atoms with van der Waals surface area (Å²) >= 11 is 1.71. The number of hydrogen-bond acceptors (Lipinski definition) is 3. The van der Waals surface area contributed by atoms with Crippen LogP contribution in [0.3, 0.4) is 0 Å². The minimum atomic E-state index is 0.185. The van der Waals surface area contributed by atoms with E-state index in [0.29, 0.717) is 18.9 Å². The van der Waals surface area contributed by atoms with Crippen LogP contribution >= 0.6 is 11.3 Å². The lowest BCUT2D eigenvalue weighted by Crippen LogP contribution is -2.40. The third kappa shape index (κ3) is 7.03. The van der Waals surface area contributed by atoms with Crippen LogP contribution in [-0.2, 0) is 4.79 Å². The molecule has 0 radical (unpaired) electrons. The molecule has 1 rings (SSSR count). The topological polar surface area (TPSA) is 56.7 Å². The predicted molar refractivity (Wildman–Crippen MR) is 99.3 cm³/mol. The van der Waals surface area contributed by atoms with E-state index in [9.17, 15) is 4.79 Å². The number of rotatable bonds is 9. The first-order valence-corrected chi connectivity index (χ1v) is 9.38. The highest BCUT2D eigenvalue weighted by atomic mass is 32.1. The summed E-state index contributed by atoms with van der Waals surface area (Å²) in [5.41, 5.74) is 1.33. The van der Waals surface area contributed by atoms with Crippen LogP contribution in [0, 0.1) is 0 Å². The molecule has 2 N–H and O–H groups in total. The van der Waals surface area contributed by atoms with E-state index in [-0.39, 0.29) is 5.91 Å². The first-order valence-electron chi connectivity index (χ1n) is 8.44. The van der Waals surface area contributed by atoms with Gasteiger partial charge in [-0.2, -0.15) is 11.3 Å². The molecule has 0 aliphatic rings. The summed E-state index contributed by atoms with van der Waals surface area (Å²) in [7, 11) is 0. The van der Waals surface area contributed by atoms with Crippen molar-refractivity contribution in [1.29, 1.82) is 0 Å². The average Bonchev–Trinajstić information content (AvgIpc) is 3.08. The molecule has 0 aliphatic heterocycles. The van der Waals surface area contributed by atoms with Gasteiger partial charge in [0.15, 0.2) is 5.96 Å². The van der Waals surface area contributed by atoms with Gasteiger partial charge < -0.3 is 15.5 Å². The van der Waals surface area contributed by atoms with Gasteiger partial charge in [-0.25, -0.2) is 0 Å². The minimum absolute atomic E-state index is 0.185. The Kier molecular flexibility index (Phi) is 9.36.